The van der Waals surface area contributed by atoms with Crippen LogP contribution in [0.15, 0.2) is 0 Å². The van der Waals surface area contributed by atoms with Gasteiger partial charge in [0, 0.05) is 13.6 Å². The molecule has 1 rings (SSSR count). The molecule has 0 aliphatic rings. The molecule has 1 unspecified atom stereocenters. The molecular formula is C10H17N5O2S. The molecule has 0 fully saturated rings. The SMILES string of the molecule is CCNc1nc(N)c(C(=O)NC(C)C(=O)NC)s1. The molecule has 7 nitrogen and oxygen atoms in total. The summed E-state index contributed by atoms with van der Waals surface area (Å²) in [7, 11) is 1.51. The minimum atomic E-state index is -0.619. The average molecular weight is 271 g/mol. The highest BCUT2D eigenvalue weighted by molar-refractivity contribution is 7.18. The number of carbonyl (C=O) groups is 2. The van der Waals surface area contributed by atoms with Gasteiger partial charge in [0.25, 0.3) is 5.91 Å². The average Bonchev–Trinajstić information content (AvgIpc) is 2.69. The summed E-state index contributed by atoms with van der Waals surface area (Å²) in [6.45, 7) is 4.22. The second-order valence-corrected chi connectivity index (χ2v) is 4.57. The molecular weight excluding hydrogens is 254 g/mol. The highest BCUT2D eigenvalue weighted by Crippen LogP contribution is 2.24. The lowest BCUT2D eigenvalue weighted by atomic mass is 10.3. The number of hydrogen-bond acceptors (Lipinski definition) is 6. The van der Waals surface area contributed by atoms with Crippen LogP contribution in [0, 0.1) is 0 Å². The predicted molar refractivity (Wildman–Crippen MR) is 71.7 cm³/mol. The number of nitrogens with one attached hydrogen (secondary N) is 3. The quantitative estimate of drug-likeness (QED) is 0.603. The van der Waals surface area contributed by atoms with Gasteiger partial charge in [-0.1, -0.05) is 11.3 Å². The molecule has 1 aromatic rings. The van der Waals surface area contributed by atoms with Crippen molar-refractivity contribution in [2.45, 2.75) is 19.9 Å². The van der Waals surface area contributed by atoms with E-state index in [1.165, 1.54) is 7.05 Å². The zero-order valence-corrected chi connectivity index (χ0v) is 11.4. The van der Waals surface area contributed by atoms with Crippen molar-refractivity contribution in [2.75, 3.05) is 24.6 Å². The van der Waals surface area contributed by atoms with Gasteiger partial charge in [-0.25, -0.2) is 4.98 Å². The fraction of sp³-hybridized carbons (Fsp3) is 0.500. The van der Waals surface area contributed by atoms with E-state index in [4.69, 9.17) is 5.73 Å². The molecule has 2 amide bonds. The summed E-state index contributed by atoms with van der Waals surface area (Å²) in [6, 6.07) is -0.619. The third-order valence-corrected chi connectivity index (χ3v) is 3.20. The zero-order valence-electron chi connectivity index (χ0n) is 10.5. The number of thiazole rings is 1. The van der Waals surface area contributed by atoms with Crippen molar-refractivity contribution in [3.63, 3.8) is 0 Å². The smallest absolute Gasteiger partial charge is 0.265 e. The van der Waals surface area contributed by atoms with Gasteiger partial charge >= 0.3 is 0 Å². The minimum absolute atomic E-state index is 0.164. The second kappa shape index (κ2) is 6.20. The molecule has 0 aromatic carbocycles. The molecule has 8 heteroatoms. The fourth-order valence-electron chi connectivity index (χ4n) is 1.27. The summed E-state index contributed by atoms with van der Waals surface area (Å²) in [4.78, 5) is 27.5. The summed E-state index contributed by atoms with van der Waals surface area (Å²) in [5.74, 6) is -0.499. The maximum atomic E-state index is 11.9. The van der Waals surface area contributed by atoms with Crippen molar-refractivity contribution in [1.29, 1.82) is 0 Å². The van der Waals surface area contributed by atoms with E-state index >= 15 is 0 Å². The van der Waals surface area contributed by atoms with Crippen LogP contribution in [0.2, 0.25) is 0 Å². The largest absolute Gasteiger partial charge is 0.382 e. The van der Waals surface area contributed by atoms with Gasteiger partial charge in [0.1, 0.15) is 16.7 Å². The van der Waals surface area contributed by atoms with Gasteiger partial charge in [-0.3, -0.25) is 9.59 Å². The molecule has 0 spiro atoms. The minimum Gasteiger partial charge on any atom is -0.382 e. The molecule has 100 valence electrons. The number of nitrogen functional groups attached to an aromatic ring is 1. The van der Waals surface area contributed by atoms with Crippen molar-refractivity contribution in [1.82, 2.24) is 15.6 Å². The van der Waals surface area contributed by atoms with Crippen molar-refractivity contribution < 1.29 is 9.59 Å². The lowest BCUT2D eigenvalue weighted by molar-refractivity contribution is -0.122. The zero-order chi connectivity index (χ0) is 13.7. The van der Waals surface area contributed by atoms with E-state index in [1.807, 2.05) is 6.92 Å². The van der Waals surface area contributed by atoms with Crippen LogP contribution < -0.4 is 21.7 Å². The molecule has 0 aliphatic carbocycles. The highest BCUT2D eigenvalue weighted by atomic mass is 32.1. The lowest BCUT2D eigenvalue weighted by Gasteiger charge is -2.11. The number of carbonyl (C=O) groups excluding carboxylic acids is 2. The van der Waals surface area contributed by atoms with Crippen LogP contribution in [0.5, 0.6) is 0 Å². The van der Waals surface area contributed by atoms with Crippen LogP contribution >= 0.6 is 11.3 Å². The van der Waals surface area contributed by atoms with Gasteiger partial charge in [-0.15, -0.1) is 0 Å². The molecule has 1 atom stereocenters. The van der Waals surface area contributed by atoms with E-state index in [0.717, 1.165) is 11.3 Å². The summed E-state index contributed by atoms with van der Waals surface area (Å²) >= 11 is 1.16. The van der Waals surface area contributed by atoms with Crippen LogP contribution in [0.25, 0.3) is 0 Å². The number of rotatable bonds is 5. The Labute approximate surface area is 109 Å². The van der Waals surface area contributed by atoms with Crippen LogP contribution in [0.4, 0.5) is 10.9 Å². The summed E-state index contributed by atoms with van der Waals surface area (Å²) in [5, 5.41) is 8.58. The van der Waals surface area contributed by atoms with Crippen molar-refractivity contribution in [3.8, 4) is 0 Å². The van der Waals surface area contributed by atoms with Crippen molar-refractivity contribution >= 4 is 34.1 Å². The molecule has 0 radical (unpaired) electrons. The number of hydrogen-bond donors (Lipinski definition) is 4. The lowest BCUT2D eigenvalue weighted by Crippen LogP contribution is -2.43. The van der Waals surface area contributed by atoms with Gasteiger partial charge in [0.2, 0.25) is 5.91 Å². The molecule has 1 aromatic heterocycles. The van der Waals surface area contributed by atoms with Gasteiger partial charge in [0.15, 0.2) is 5.13 Å². The number of nitrogens with zero attached hydrogens (tertiary/aromatic N) is 1. The third kappa shape index (κ3) is 3.33. The number of likely N-dealkylation sites (N-methyl/N-ethyl adjacent to an activating group) is 1. The molecule has 0 bridgehead atoms. The molecule has 18 heavy (non-hydrogen) atoms. The summed E-state index contributed by atoms with van der Waals surface area (Å²) in [5.41, 5.74) is 5.65. The monoisotopic (exact) mass is 271 g/mol. The molecule has 1 heterocycles. The fourth-order valence-corrected chi connectivity index (χ4v) is 2.12. The van der Waals surface area contributed by atoms with E-state index in [9.17, 15) is 9.59 Å². The molecule has 0 saturated carbocycles. The third-order valence-electron chi connectivity index (χ3n) is 2.17. The van der Waals surface area contributed by atoms with Crippen LogP contribution in [0.3, 0.4) is 0 Å². The normalized spacial score (nSPS) is 11.7. The maximum absolute atomic E-state index is 11.9. The first kappa shape index (κ1) is 14.2. The van der Waals surface area contributed by atoms with Crippen molar-refractivity contribution in [3.05, 3.63) is 4.88 Å². The number of amides is 2. The van der Waals surface area contributed by atoms with Crippen LogP contribution in [0.1, 0.15) is 23.5 Å². The summed E-state index contributed by atoms with van der Waals surface area (Å²) in [6.07, 6.45) is 0. The Kier molecular flexibility index (Phi) is 4.90. The number of aromatic nitrogens is 1. The predicted octanol–water partition coefficient (Wildman–Crippen LogP) is 0.0214. The van der Waals surface area contributed by atoms with E-state index in [0.29, 0.717) is 16.6 Å². The van der Waals surface area contributed by atoms with E-state index in [-0.39, 0.29) is 11.7 Å². The van der Waals surface area contributed by atoms with E-state index in [1.54, 1.807) is 6.92 Å². The van der Waals surface area contributed by atoms with Crippen molar-refractivity contribution in [2.24, 2.45) is 0 Å². The Hall–Kier alpha value is -1.83. The summed E-state index contributed by atoms with van der Waals surface area (Å²) < 4.78 is 0. The van der Waals surface area contributed by atoms with Gasteiger partial charge < -0.3 is 21.7 Å². The maximum Gasteiger partial charge on any atom is 0.265 e. The van der Waals surface area contributed by atoms with Crippen LogP contribution in [-0.2, 0) is 4.79 Å². The van der Waals surface area contributed by atoms with Gasteiger partial charge in [-0.05, 0) is 13.8 Å². The standard InChI is InChI=1S/C10H17N5O2S/c1-4-13-10-15-7(11)6(18-10)9(17)14-5(2)8(16)12-3/h5H,4,11H2,1-3H3,(H,12,16)(H,13,15)(H,14,17). The Balaban J connectivity index is 2.75. The highest BCUT2D eigenvalue weighted by Gasteiger charge is 2.20. The second-order valence-electron chi connectivity index (χ2n) is 3.57. The van der Waals surface area contributed by atoms with Gasteiger partial charge in [0.05, 0.1) is 0 Å². The molecule has 5 N–H and O–H groups in total. The Bertz CT molecular complexity index is 445. The Morgan fingerprint density at radius 2 is 2.17 bits per heavy atom. The van der Waals surface area contributed by atoms with Gasteiger partial charge in [-0.2, -0.15) is 0 Å². The molecule has 0 saturated heterocycles. The number of nitrogens with two attached hydrogens (primary N) is 1. The first-order valence-corrected chi connectivity index (χ1v) is 6.33. The van der Waals surface area contributed by atoms with Crippen LogP contribution in [-0.4, -0.2) is 36.4 Å². The Morgan fingerprint density at radius 1 is 1.50 bits per heavy atom. The first-order chi connectivity index (χ1) is 8.49. The van der Waals surface area contributed by atoms with E-state index < -0.39 is 11.9 Å². The van der Waals surface area contributed by atoms with E-state index in [2.05, 4.69) is 20.9 Å². The topological polar surface area (TPSA) is 109 Å². The Morgan fingerprint density at radius 3 is 2.72 bits per heavy atom. The molecule has 0 aliphatic heterocycles. The first-order valence-electron chi connectivity index (χ1n) is 5.52. The number of anilines is 2.